The maximum absolute atomic E-state index is 11.8. The summed E-state index contributed by atoms with van der Waals surface area (Å²) in [5.41, 5.74) is 2.82. The van der Waals surface area contributed by atoms with Crippen LogP contribution in [0.1, 0.15) is 52.4 Å². The molecule has 0 N–H and O–H groups in total. The maximum Gasteiger partial charge on any atom is 0.158 e. The minimum Gasteiger partial charge on any atom is -0.295 e. The first kappa shape index (κ1) is 11.3. The van der Waals surface area contributed by atoms with Gasteiger partial charge < -0.3 is 0 Å². The number of allylic oxidation sites excluding steroid dienone is 4. The molecule has 1 fully saturated rings. The highest BCUT2D eigenvalue weighted by Gasteiger charge is 2.44. The highest BCUT2D eigenvalue weighted by atomic mass is 16.1. The molecule has 0 heterocycles. The van der Waals surface area contributed by atoms with Crippen molar-refractivity contribution in [1.29, 1.82) is 0 Å². The van der Waals surface area contributed by atoms with Gasteiger partial charge in [0.1, 0.15) is 0 Å². The molecule has 0 aromatic heterocycles. The van der Waals surface area contributed by atoms with Gasteiger partial charge >= 0.3 is 0 Å². The van der Waals surface area contributed by atoms with E-state index in [1.165, 1.54) is 31.3 Å². The van der Waals surface area contributed by atoms with Gasteiger partial charge in [0.05, 0.1) is 0 Å². The van der Waals surface area contributed by atoms with E-state index in [-0.39, 0.29) is 0 Å². The van der Waals surface area contributed by atoms with Crippen molar-refractivity contribution in [3.63, 3.8) is 0 Å². The summed E-state index contributed by atoms with van der Waals surface area (Å²) in [6.07, 6.45) is 12.0. The third kappa shape index (κ3) is 1.63. The van der Waals surface area contributed by atoms with Crippen molar-refractivity contribution in [2.45, 2.75) is 52.4 Å². The van der Waals surface area contributed by atoms with Crippen molar-refractivity contribution in [3.05, 3.63) is 23.3 Å². The summed E-state index contributed by atoms with van der Waals surface area (Å²) < 4.78 is 0. The van der Waals surface area contributed by atoms with Gasteiger partial charge in [-0.1, -0.05) is 31.9 Å². The second-order valence-electron chi connectivity index (χ2n) is 6.34. The Morgan fingerprint density at radius 3 is 2.94 bits per heavy atom. The summed E-state index contributed by atoms with van der Waals surface area (Å²) in [6.45, 7) is 4.45. The molecular formula is C16H22O. The molecule has 3 atom stereocenters. The molecule has 0 bridgehead atoms. The lowest BCUT2D eigenvalue weighted by Crippen LogP contribution is -2.39. The zero-order chi connectivity index (χ0) is 12.0. The van der Waals surface area contributed by atoms with Crippen LogP contribution in [-0.2, 0) is 4.79 Å². The Morgan fingerprint density at radius 1 is 1.29 bits per heavy atom. The Bertz CT molecular complexity index is 415. The molecule has 1 saturated carbocycles. The molecule has 17 heavy (non-hydrogen) atoms. The molecule has 0 unspecified atom stereocenters. The van der Waals surface area contributed by atoms with Crippen LogP contribution in [0.15, 0.2) is 23.3 Å². The van der Waals surface area contributed by atoms with Gasteiger partial charge in [-0.2, -0.15) is 0 Å². The topological polar surface area (TPSA) is 17.1 Å². The van der Waals surface area contributed by atoms with E-state index in [1.54, 1.807) is 0 Å². The van der Waals surface area contributed by atoms with Crippen LogP contribution in [-0.4, -0.2) is 5.78 Å². The van der Waals surface area contributed by atoms with E-state index in [9.17, 15) is 4.79 Å². The molecule has 0 amide bonds. The fraction of sp³-hybridized carbons (Fsp3) is 0.688. The smallest absolute Gasteiger partial charge is 0.158 e. The number of Topliss-reactive ketones (excluding diaryl/α,β-unsaturated/α-hetero) is 1. The predicted octanol–water partition coefficient (Wildman–Crippen LogP) is 4.05. The lowest BCUT2D eigenvalue weighted by Gasteiger charge is -2.48. The first-order valence-corrected chi connectivity index (χ1v) is 7.05. The van der Waals surface area contributed by atoms with Crippen LogP contribution in [0.25, 0.3) is 0 Å². The molecule has 0 spiro atoms. The fourth-order valence-electron chi connectivity index (χ4n) is 4.27. The van der Waals surface area contributed by atoms with Crippen molar-refractivity contribution in [3.8, 4) is 0 Å². The molecule has 0 aromatic carbocycles. The van der Waals surface area contributed by atoms with Crippen LogP contribution in [0.5, 0.6) is 0 Å². The van der Waals surface area contributed by atoms with Crippen LogP contribution in [0.4, 0.5) is 0 Å². The first-order valence-electron chi connectivity index (χ1n) is 7.05. The third-order valence-corrected chi connectivity index (χ3v) is 5.39. The van der Waals surface area contributed by atoms with E-state index in [0.29, 0.717) is 17.1 Å². The average molecular weight is 230 g/mol. The molecule has 92 valence electrons. The van der Waals surface area contributed by atoms with Crippen molar-refractivity contribution in [2.24, 2.45) is 17.3 Å². The normalized spacial score (nSPS) is 41.2. The molecule has 3 rings (SSSR count). The van der Waals surface area contributed by atoms with Crippen LogP contribution in [0.2, 0.25) is 0 Å². The van der Waals surface area contributed by atoms with E-state index in [1.807, 2.05) is 6.92 Å². The summed E-state index contributed by atoms with van der Waals surface area (Å²) in [5.74, 6) is 1.84. The summed E-state index contributed by atoms with van der Waals surface area (Å²) in [4.78, 5) is 11.8. The number of hydrogen-bond donors (Lipinski definition) is 0. The molecule has 0 radical (unpaired) electrons. The third-order valence-electron chi connectivity index (χ3n) is 5.39. The van der Waals surface area contributed by atoms with Crippen LogP contribution in [0.3, 0.4) is 0 Å². The number of carbonyl (C=O) groups excluding carboxylic acids is 1. The van der Waals surface area contributed by atoms with E-state index in [4.69, 9.17) is 0 Å². The maximum atomic E-state index is 11.8. The summed E-state index contributed by atoms with van der Waals surface area (Å²) >= 11 is 0. The average Bonchev–Trinajstić information content (AvgIpc) is 2.33. The number of rotatable bonds is 0. The number of carbonyl (C=O) groups is 1. The quantitative estimate of drug-likeness (QED) is 0.613. The molecule has 3 aliphatic carbocycles. The number of fused-ring (bicyclic) bond motifs is 3. The highest BCUT2D eigenvalue weighted by molar-refractivity contribution is 5.97. The molecule has 0 saturated heterocycles. The molecule has 3 aliphatic rings. The zero-order valence-corrected chi connectivity index (χ0v) is 11.0. The number of ketones is 1. The Labute approximate surface area is 104 Å². The molecule has 0 aromatic rings. The van der Waals surface area contributed by atoms with Gasteiger partial charge in [0, 0.05) is 6.42 Å². The Kier molecular flexibility index (Phi) is 2.53. The zero-order valence-electron chi connectivity index (χ0n) is 11.0. The lowest BCUT2D eigenvalue weighted by molar-refractivity contribution is -0.116. The summed E-state index contributed by atoms with van der Waals surface area (Å²) in [5, 5.41) is 0. The van der Waals surface area contributed by atoms with Crippen molar-refractivity contribution in [1.82, 2.24) is 0 Å². The van der Waals surface area contributed by atoms with E-state index < -0.39 is 0 Å². The van der Waals surface area contributed by atoms with Gasteiger partial charge in [0.15, 0.2) is 5.78 Å². The van der Waals surface area contributed by atoms with Gasteiger partial charge in [-0.25, -0.2) is 0 Å². The minimum atomic E-state index is 0.375. The monoisotopic (exact) mass is 230 g/mol. The van der Waals surface area contributed by atoms with Crippen LogP contribution >= 0.6 is 0 Å². The lowest BCUT2D eigenvalue weighted by atomic mass is 9.56. The SMILES string of the molecule is CC1=C2C=C[C@]3(C)CCCC[C@@H]3[C@H]2CCC1=O. The van der Waals surface area contributed by atoms with Crippen LogP contribution in [0, 0.1) is 17.3 Å². The number of hydrogen-bond acceptors (Lipinski definition) is 1. The van der Waals surface area contributed by atoms with E-state index in [0.717, 1.165) is 24.3 Å². The van der Waals surface area contributed by atoms with Gasteiger partial charge in [-0.3, -0.25) is 4.79 Å². The molecule has 1 nitrogen and oxygen atoms in total. The van der Waals surface area contributed by atoms with E-state index in [2.05, 4.69) is 19.1 Å². The minimum absolute atomic E-state index is 0.375. The summed E-state index contributed by atoms with van der Waals surface area (Å²) in [7, 11) is 0. The fourth-order valence-corrected chi connectivity index (χ4v) is 4.27. The van der Waals surface area contributed by atoms with Crippen LogP contribution < -0.4 is 0 Å². The molecule has 0 aliphatic heterocycles. The van der Waals surface area contributed by atoms with Gasteiger partial charge in [-0.05, 0) is 54.6 Å². The largest absolute Gasteiger partial charge is 0.295 e. The Hall–Kier alpha value is -0.850. The van der Waals surface area contributed by atoms with Crippen molar-refractivity contribution >= 4 is 5.78 Å². The summed E-state index contributed by atoms with van der Waals surface area (Å²) in [6, 6.07) is 0. The predicted molar refractivity (Wildman–Crippen MR) is 69.6 cm³/mol. The Balaban J connectivity index is 2.05. The molecule has 1 heteroatoms. The standard InChI is InChI=1S/C16H22O/c1-11-12-8-10-16(2)9-4-3-5-14(16)13(12)6-7-15(11)17/h8,10,13-14H,3-7,9H2,1-2H3/t13-,14+,16-/m0/s1. The highest BCUT2D eigenvalue weighted by Crippen LogP contribution is 2.53. The second kappa shape index (κ2) is 3.83. The van der Waals surface area contributed by atoms with Crippen molar-refractivity contribution in [2.75, 3.05) is 0 Å². The first-order chi connectivity index (χ1) is 8.12. The van der Waals surface area contributed by atoms with Crippen molar-refractivity contribution < 1.29 is 4.79 Å². The Morgan fingerprint density at radius 2 is 2.12 bits per heavy atom. The second-order valence-corrected chi connectivity index (χ2v) is 6.34. The van der Waals surface area contributed by atoms with Gasteiger partial charge in [0.25, 0.3) is 0 Å². The van der Waals surface area contributed by atoms with Gasteiger partial charge in [0.2, 0.25) is 0 Å². The molecular weight excluding hydrogens is 208 g/mol. The van der Waals surface area contributed by atoms with Gasteiger partial charge in [-0.15, -0.1) is 0 Å². The van der Waals surface area contributed by atoms with E-state index >= 15 is 0 Å².